The van der Waals surface area contributed by atoms with Crippen LogP contribution in [0.15, 0.2) is 48.5 Å². The van der Waals surface area contributed by atoms with Crippen LogP contribution in [0.3, 0.4) is 0 Å². The highest BCUT2D eigenvalue weighted by atomic mass is 14.8. The Morgan fingerprint density at radius 1 is 0.216 bits per heavy atom. The fourth-order valence-electron chi connectivity index (χ4n) is 26.8. The zero-order valence-corrected chi connectivity index (χ0v) is 51.0. The maximum atomic E-state index is 6.39. The van der Waals surface area contributed by atoms with E-state index in [0.717, 1.165) is 0 Å². The number of hydrogen-bond donors (Lipinski definition) is 2. The summed E-state index contributed by atoms with van der Waals surface area (Å²) in [5.41, 5.74) is 49.4. The van der Waals surface area contributed by atoms with Crippen molar-refractivity contribution < 1.29 is 0 Å². The minimum atomic E-state index is 0.633. The minimum absolute atomic E-state index is 0.633. The maximum absolute atomic E-state index is 6.39. The zero-order valence-electron chi connectivity index (χ0n) is 51.0. The van der Waals surface area contributed by atoms with Crippen molar-refractivity contribution in [3.63, 3.8) is 0 Å². The molecular formula is C84H78N4. The summed E-state index contributed by atoms with van der Waals surface area (Å²) in [5.74, 6) is 10.6. The van der Waals surface area contributed by atoms with Crippen molar-refractivity contribution >= 4 is 46.4 Å². The lowest BCUT2D eigenvalue weighted by molar-refractivity contribution is 0.692. The second-order valence-electron chi connectivity index (χ2n) is 33.2. The molecule has 2 N–H and O–H groups in total. The Bertz CT molecular complexity index is 4030. The van der Waals surface area contributed by atoms with E-state index in [4.69, 9.17) is 9.97 Å². The standard InChI is InChI=1S/C84H78N4/c1-9-45-25-37(1)53-33-54-38-2-10-46(26-38)70(54)81(69(45)53)77-61-17-19-63(85-61)78(82-71-47-11-3-39(27-47)55(71)34-56-40-4-12-48(28-40)72(56)82)65-21-23-67(87-65)80(84-75-51-15-7-43(31-51)59(75)36-60-44-8-16-52(32-44)76(60)84)68-24-22-66(88-68)79(64-20-18-62(77)86-64)83-73-49-13-5-41(29-49)57(73)35-58-42-6-14-50(30-42)74(58)83/h17-24,33-52,85,88H,1-16,25-32H2/t37-,38+,39-,40+,41-,42+,43-,44+,45+,46-,47+,48-,49+,50-,51+,52-. The fourth-order valence-corrected chi connectivity index (χ4v) is 26.8. The molecule has 8 saturated carbocycles. The van der Waals surface area contributed by atoms with E-state index in [1.54, 1.807) is 111 Å². The van der Waals surface area contributed by atoms with Crippen LogP contribution in [0.2, 0.25) is 0 Å². The second-order valence-corrected chi connectivity index (χ2v) is 33.2. The van der Waals surface area contributed by atoms with E-state index in [0.29, 0.717) is 94.7 Å². The van der Waals surface area contributed by atoms with Gasteiger partial charge in [-0.25, -0.2) is 9.97 Å². The predicted octanol–water partition coefficient (Wildman–Crippen LogP) is 22.2. The van der Waals surface area contributed by atoms with Crippen LogP contribution in [0, 0.1) is 0 Å². The molecule has 0 unspecified atom stereocenters. The lowest BCUT2D eigenvalue weighted by Crippen LogP contribution is -2.10. The monoisotopic (exact) mass is 1140 g/mol. The zero-order chi connectivity index (χ0) is 56.0. The summed E-state index contributed by atoms with van der Waals surface area (Å²) in [7, 11) is 0. The number of benzene rings is 4. The van der Waals surface area contributed by atoms with Crippen molar-refractivity contribution in [1.29, 1.82) is 0 Å². The van der Waals surface area contributed by atoms with Crippen molar-refractivity contribution in [2.24, 2.45) is 0 Å². The molecule has 16 atom stereocenters. The molecule has 88 heavy (non-hydrogen) atoms. The SMILES string of the molecule is C1=Cc2nc1c(-c1c3c(cc4c1[C@H]1CC[C@@H]4C1)[C@H]1CC[C@@H]3C1)c1ccc([nH]1)c(-c1c3c(cc4c1[C@H]1CC[C@@H]4C1)[C@H]1CC[C@@H]3C1)c1nc(c(-c3c4c(cc5c3[C@H]3CC[C@@H]5C3)[C@H]3CC[C@@H]4C3)c3ccc([nH]3)c2-c2c3c(cc4c2[C@H]2CC[C@@H]4C2)[C@H]2CC[C@@H]3C2)C=C1. The molecule has 5 heterocycles. The van der Waals surface area contributed by atoms with E-state index >= 15 is 0 Å². The summed E-state index contributed by atoms with van der Waals surface area (Å²) in [6.45, 7) is 0. The van der Waals surface area contributed by atoms with E-state index in [1.807, 2.05) is 0 Å². The lowest BCUT2D eigenvalue weighted by Gasteiger charge is -2.28. The van der Waals surface area contributed by atoms with Crippen LogP contribution >= 0.6 is 0 Å². The van der Waals surface area contributed by atoms with E-state index in [9.17, 15) is 0 Å². The van der Waals surface area contributed by atoms with Gasteiger partial charge in [0, 0.05) is 44.3 Å². The molecule has 0 amide bonds. The molecule has 4 heteroatoms. The van der Waals surface area contributed by atoms with Crippen molar-refractivity contribution in [2.75, 3.05) is 0 Å². The first-order chi connectivity index (χ1) is 43.5. The summed E-state index contributed by atoms with van der Waals surface area (Å²) in [5, 5.41) is 0. The Hall–Kier alpha value is -6.52. The molecule has 16 aliphatic carbocycles. The topological polar surface area (TPSA) is 57.4 Å². The predicted molar refractivity (Wildman–Crippen MR) is 355 cm³/mol. The Morgan fingerprint density at radius 2 is 0.386 bits per heavy atom. The van der Waals surface area contributed by atoms with Crippen LogP contribution in [0.25, 0.3) is 90.9 Å². The number of aromatic nitrogens is 4. The third kappa shape index (κ3) is 5.68. The molecule has 4 nitrogen and oxygen atoms in total. The maximum Gasteiger partial charge on any atom is 0.0737 e. The number of hydrogen-bond acceptors (Lipinski definition) is 2. The number of rotatable bonds is 4. The van der Waals surface area contributed by atoms with Crippen molar-refractivity contribution in [2.45, 2.75) is 249 Å². The van der Waals surface area contributed by atoms with Gasteiger partial charge in [0.05, 0.1) is 22.8 Å². The van der Waals surface area contributed by atoms with Crippen LogP contribution in [0.4, 0.5) is 0 Å². The molecule has 3 aromatic heterocycles. The van der Waals surface area contributed by atoms with Crippen LogP contribution in [0.1, 0.15) is 361 Å². The third-order valence-corrected chi connectivity index (χ3v) is 29.9. The Kier molecular flexibility index (Phi) is 8.70. The number of fused-ring (bicyclic) bond motifs is 48. The molecule has 434 valence electrons. The molecule has 0 spiro atoms. The van der Waals surface area contributed by atoms with Crippen molar-refractivity contribution in [1.82, 2.24) is 19.9 Å². The van der Waals surface area contributed by atoms with Gasteiger partial charge in [-0.05, 0) is 409 Å². The van der Waals surface area contributed by atoms with Gasteiger partial charge in [0.2, 0.25) is 0 Å². The first kappa shape index (κ1) is 47.4. The van der Waals surface area contributed by atoms with Gasteiger partial charge >= 0.3 is 0 Å². The largest absolute Gasteiger partial charge is 0.354 e. The van der Waals surface area contributed by atoms with Gasteiger partial charge < -0.3 is 9.97 Å². The molecule has 8 fully saturated rings. The fraction of sp³-hybridized carbons (Fsp3) is 0.476. The highest BCUT2D eigenvalue weighted by molar-refractivity contribution is 6.04. The van der Waals surface area contributed by atoms with Crippen molar-refractivity contribution in [3.05, 3.63) is 160 Å². The van der Waals surface area contributed by atoms with Crippen LogP contribution in [-0.2, 0) is 0 Å². The molecule has 25 rings (SSSR count). The first-order valence-corrected chi connectivity index (χ1v) is 36.5. The van der Waals surface area contributed by atoms with Crippen LogP contribution in [-0.4, -0.2) is 19.9 Å². The number of aromatic amines is 2. The number of nitrogens with one attached hydrogen (secondary N) is 2. The first-order valence-electron chi connectivity index (χ1n) is 36.5. The van der Waals surface area contributed by atoms with E-state index < -0.39 is 0 Å². The second kappa shape index (κ2) is 16.1. The van der Waals surface area contributed by atoms with Crippen molar-refractivity contribution in [3.8, 4) is 44.5 Å². The van der Waals surface area contributed by atoms with Crippen LogP contribution in [0.5, 0.6) is 0 Å². The highest BCUT2D eigenvalue weighted by Gasteiger charge is 2.52. The molecular weight excluding hydrogens is 1060 g/mol. The Balaban J connectivity index is 0.871. The number of H-pyrrole nitrogens is 2. The molecule has 0 radical (unpaired) electrons. The van der Waals surface area contributed by atoms with E-state index in [-0.39, 0.29) is 0 Å². The molecule has 4 aromatic carbocycles. The normalized spacial score (nSPS) is 34.5. The van der Waals surface area contributed by atoms with Gasteiger partial charge in [-0.15, -0.1) is 0 Å². The third-order valence-electron chi connectivity index (χ3n) is 29.9. The molecule has 18 aliphatic rings. The van der Waals surface area contributed by atoms with Crippen LogP contribution < -0.4 is 0 Å². The lowest BCUT2D eigenvalue weighted by atomic mass is 9.77. The summed E-state index contributed by atoms with van der Waals surface area (Å²) in [6.07, 6.45) is 42.3. The molecule has 7 aromatic rings. The van der Waals surface area contributed by atoms with Gasteiger partial charge in [0.25, 0.3) is 0 Å². The molecule has 24 bridgehead atoms. The van der Waals surface area contributed by atoms with Gasteiger partial charge in [-0.2, -0.15) is 0 Å². The average molecular weight is 1140 g/mol. The summed E-state index contributed by atoms with van der Waals surface area (Å²) >= 11 is 0. The molecule has 0 saturated heterocycles. The van der Waals surface area contributed by atoms with E-state index in [1.165, 1.54) is 221 Å². The Morgan fingerprint density at radius 3 is 0.568 bits per heavy atom. The number of nitrogens with zero attached hydrogens (tertiary/aromatic N) is 2. The quantitative estimate of drug-likeness (QED) is 0.184. The van der Waals surface area contributed by atoms with Gasteiger partial charge in [-0.1, -0.05) is 24.3 Å². The highest BCUT2D eigenvalue weighted by Crippen LogP contribution is 2.69. The smallest absolute Gasteiger partial charge is 0.0737 e. The minimum Gasteiger partial charge on any atom is -0.354 e. The molecule has 2 aliphatic heterocycles. The van der Waals surface area contributed by atoms with Gasteiger partial charge in [-0.3, -0.25) is 0 Å². The summed E-state index contributed by atoms with van der Waals surface area (Å²) < 4.78 is 0. The van der Waals surface area contributed by atoms with E-state index in [2.05, 4.69) is 82.8 Å². The summed E-state index contributed by atoms with van der Waals surface area (Å²) in [6, 6.07) is 21.5. The Labute approximate surface area is 517 Å². The summed E-state index contributed by atoms with van der Waals surface area (Å²) in [4.78, 5) is 21.9. The average Bonchev–Trinajstić information content (AvgIpc) is 1.59. The van der Waals surface area contributed by atoms with Gasteiger partial charge in [0.15, 0.2) is 0 Å². The van der Waals surface area contributed by atoms with Gasteiger partial charge in [0.1, 0.15) is 0 Å².